The largest absolute Gasteiger partial charge is 0.432 e. The van der Waals surface area contributed by atoms with Crippen LogP contribution < -0.4 is 10.5 Å². The van der Waals surface area contributed by atoms with Crippen LogP contribution in [-0.4, -0.2) is 30.7 Å². The van der Waals surface area contributed by atoms with E-state index in [2.05, 4.69) is 12.1 Å². The van der Waals surface area contributed by atoms with Gasteiger partial charge in [0.05, 0.1) is 0 Å². The molecule has 0 heterocycles. The summed E-state index contributed by atoms with van der Waals surface area (Å²) in [5.74, 6) is 0.784. The zero-order valence-corrected chi connectivity index (χ0v) is 11.3. The first kappa shape index (κ1) is 13.9. The summed E-state index contributed by atoms with van der Waals surface area (Å²) in [7, 11) is 3.73. The maximum absolute atomic E-state index is 5.49. The molecule has 0 aliphatic heterocycles. The molecular formula is C13H20N2OS. The molecule has 1 aromatic rings. The second kappa shape index (κ2) is 7.25. The number of hydrogen-bond donors (Lipinski definition) is 1. The minimum Gasteiger partial charge on any atom is -0.432 e. The summed E-state index contributed by atoms with van der Waals surface area (Å²) in [6.07, 6.45) is 3.27. The quantitative estimate of drug-likeness (QED) is 0.644. The molecule has 1 aromatic carbocycles. The van der Waals surface area contributed by atoms with Gasteiger partial charge in [-0.1, -0.05) is 12.1 Å². The Morgan fingerprint density at radius 2 is 1.88 bits per heavy atom. The van der Waals surface area contributed by atoms with E-state index in [0.29, 0.717) is 5.17 Å². The Balaban J connectivity index is 2.47. The van der Waals surface area contributed by atoms with Gasteiger partial charge in [-0.15, -0.1) is 0 Å². The van der Waals surface area contributed by atoms with E-state index >= 15 is 0 Å². The van der Waals surface area contributed by atoms with Crippen LogP contribution in [0.5, 0.6) is 5.75 Å². The molecule has 0 aromatic heterocycles. The van der Waals surface area contributed by atoms with Crippen LogP contribution in [0.25, 0.3) is 0 Å². The third-order valence-corrected chi connectivity index (χ3v) is 2.86. The predicted molar refractivity (Wildman–Crippen MR) is 75.3 cm³/mol. The van der Waals surface area contributed by atoms with Gasteiger partial charge in [0.25, 0.3) is 5.17 Å². The summed E-state index contributed by atoms with van der Waals surface area (Å²) < 4.78 is 5.49. The van der Waals surface area contributed by atoms with Crippen molar-refractivity contribution in [3.05, 3.63) is 29.8 Å². The number of benzene rings is 1. The van der Waals surface area contributed by atoms with Crippen molar-refractivity contribution in [1.82, 2.24) is 4.90 Å². The zero-order valence-electron chi connectivity index (χ0n) is 10.5. The lowest BCUT2D eigenvalue weighted by Crippen LogP contribution is -2.24. The standard InChI is InChI=1S/C13H20N2OS/c1-15(2)13(17)16-12-8-6-11(7-9-12)5-3-4-10-14/h6-9H,3-5,10,14H2,1-2H3. The number of rotatable bonds is 5. The molecule has 0 amide bonds. The number of unbranched alkanes of at least 4 members (excludes halogenated alkanes) is 1. The predicted octanol–water partition coefficient (Wildman–Crippen LogP) is 2.19. The average molecular weight is 252 g/mol. The van der Waals surface area contributed by atoms with Gasteiger partial charge in [0.15, 0.2) is 0 Å². The Hall–Kier alpha value is -1.13. The number of nitrogens with two attached hydrogens (primary N) is 1. The van der Waals surface area contributed by atoms with Crippen LogP contribution in [0.1, 0.15) is 18.4 Å². The lowest BCUT2D eigenvalue weighted by atomic mass is 10.1. The number of aryl methyl sites for hydroxylation is 1. The molecule has 0 spiro atoms. The Labute approximate surface area is 109 Å². The second-order valence-corrected chi connectivity index (χ2v) is 4.50. The van der Waals surface area contributed by atoms with Crippen molar-refractivity contribution >= 4 is 17.4 Å². The van der Waals surface area contributed by atoms with Gasteiger partial charge in [0.1, 0.15) is 5.75 Å². The van der Waals surface area contributed by atoms with Crippen molar-refractivity contribution in [1.29, 1.82) is 0 Å². The normalized spacial score (nSPS) is 10.1. The molecule has 0 aliphatic rings. The molecule has 4 heteroatoms. The van der Waals surface area contributed by atoms with E-state index in [1.165, 1.54) is 5.56 Å². The Morgan fingerprint density at radius 3 is 2.41 bits per heavy atom. The maximum atomic E-state index is 5.49. The summed E-state index contributed by atoms with van der Waals surface area (Å²) in [4.78, 5) is 1.77. The highest BCUT2D eigenvalue weighted by molar-refractivity contribution is 7.80. The molecule has 1 rings (SSSR count). The fourth-order valence-corrected chi connectivity index (χ4v) is 1.49. The number of thiocarbonyl (C=S) groups is 1. The fourth-order valence-electron chi connectivity index (χ4n) is 1.39. The first-order chi connectivity index (χ1) is 8.13. The van der Waals surface area contributed by atoms with Crippen molar-refractivity contribution in [2.75, 3.05) is 20.6 Å². The van der Waals surface area contributed by atoms with Gasteiger partial charge in [-0.25, -0.2) is 0 Å². The van der Waals surface area contributed by atoms with Crippen LogP contribution in [0, 0.1) is 0 Å². The van der Waals surface area contributed by atoms with E-state index in [0.717, 1.165) is 31.6 Å². The molecule has 0 unspecified atom stereocenters. The van der Waals surface area contributed by atoms with Crippen molar-refractivity contribution in [2.24, 2.45) is 5.73 Å². The summed E-state index contributed by atoms with van der Waals surface area (Å²) in [5, 5.41) is 0.473. The molecular weight excluding hydrogens is 232 g/mol. The third kappa shape index (κ3) is 5.15. The maximum Gasteiger partial charge on any atom is 0.264 e. The van der Waals surface area contributed by atoms with Gasteiger partial charge in [0, 0.05) is 14.1 Å². The molecule has 17 heavy (non-hydrogen) atoms. The van der Waals surface area contributed by atoms with Crippen molar-refractivity contribution < 1.29 is 4.74 Å². The molecule has 3 nitrogen and oxygen atoms in total. The highest BCUT2D eigenvalue weighted by atomic mass is 32.1. The number of ether oxygens (including phenoxy) is 1. The number of nitrogens with zero attached hydrogens (tertiary/aromatic N) is 1. The van der Waals surface area contributed by atoms with Crippen LogP contribution in [0.15, 0.2) is 24.3 Å². The fraction of sp³-hybridized carbons (Fsp3) is 0.462. The topological polar surface area (TPSA) is 38.5 Å². The van der Waals surface area contributed by atoms with Gasteiger partial charge >= 0.3 is 0 Å². The summed E-state index contributed by atoms with van der Waals surface area (Å²) >= 11 is 5.07. The highest BCUT2D eigenvalue weighted by Gasteiger charge is 2.02. The Morgan fingerprint density at radius 1 is 1.24 bits per heavy atom. The SMILES string of the molecule is CN(C)C(=S)Oc1ccc(CCCCN)cc1. The van der Waals surface area contributed by atoms with Crippen molar-refractivity contribution in [3.63, 3.8) is 0 Å². The number of hydrogen-bond acceptors (Lipinski definition) is 3. The minimum atomic E-state index is 0.473. The van der Waals surface area contributed by atoms with E-state index in [1.807, 2.05) is 26.2 Å². The molecule has 0 aliphatic carbocycles. The Bertz CT molecular complexity index is 349. The average Bonchev–Trinajstić information content (AvgIpc) is 2.31. The summed E-state index contributed by atoms with van der Waals surface area (Å²) in [6.45, 7) is 0.762. The third-order valence-electron chi connectivity index (χ3n) is 2.41. The minimum absolute atomic E-state index is 0.473. The van der Waals surface area contributed by atoms with Gasteiger partial charge in [-0.05, 0) is 55.7 Å². The van der Waals surface area contributed by atoms with Crippen LogP contribution in [0.4, 0.5) is 0 Å². The van der Waals surface area contributed by atoms with Crippen molar-refractivity contribution in [2.45, 2.75) is 19.3 Å². The van der Waals surface area contributed by atoms with Gasteiger partial charge < -0.3 is 15.4 Å². The smallest absolute Gasteiger partial charge is 0.264 e. The van der Waals surface area contributed by atoms with Crippen LogP contribution in [0.3, 0.4) is 0 Å². The summed E-state index contributed by atoms with van der Waals surface area (Å²) in [6, 6.07) is 8.05. The van der Waals surface area contributed by atoms with E-state index in [-0.39, 0.29) is 0 Å². The zero-order chi connectivity index (χ0) is 12.7. The van der Waals surface area contributed by atoms with E-state index in [1.54, 1.807) is 4.90 Å². The molecule has 0 atom stereocenters. The van der Waals surface area contributed by atoms with Gasteiger partial charge in [-0.3, -0.25) is 0 Å². The summed E-state index contributed by atoms with van der Waals surface area (Å²) in [5.41, 5.74) is 6.77. The molecule has 0 saturated heterocycles. The second-order valence-electron chi connectivity index (χ2n) is 4.15. The van der Waals surface area contributed by atoms with Crippen LogP contribution in [0.2, 0.25) is 0 Å². The van der Waals surface area contributed by atoms with E-state index in [9.17, 15) is 0 Å². The van der Waals surface area contributed by atoms with Gasteiger partial charge in [0.2, 0.25) is 0 Å². The molecule has 0 fully saturated rings. The lowest BCUT2D eigenvalue weighted by molar-refractivity contribution is 0.449. The monoisotopic (exact) mass is 252 g/mol. The van der Waals surface area contributed by atoms with Crippen LogP contribution in [-0.2, 0) is 6.42 Å². The first-order valence-electron chi connectivity index (χ1n) is 5.81. The Kier molecular flexibility index (Phi) is 5.94. The van der Waals surface area contributed by atoms with E-state index < -0.39 is 0 Å². The molecule has 0 bridgehead atoms. The highest BCUT2D eigenvalue weighted by Crippen LogP contribution is 2.14. The van der Waals surface area contributed by atoms with Gasteiger partial charge in [-0.2, -0.15) is 0 Å². The molecule has 0 radical (unpaired) electrons. The first-order valence-corrected chi connectivity index (χ1v) is 6.22. The van der Waals surface area contributed by atoms with Crippen molar-refractivity contribution in [3.8, 4) is 5.75 Å². The molecule has 2 N–H and O–H groups in total. The van der Waals surface area contributed by atoms with Crippen LogP contribution >= 0.6 is 12.2 Å². The molecule has 94 valence electrons. The van der Waals surface area contributed by atoms with E-state index in [4.69, 9.17) is 22.7 Å². The molecule has 0 saturated carbocycles. The lowest BCUT2D eigenvalue weighted by Gasteiger charge is -2.14.